The second kappa shape index (κ2) is 8.90. The van der Waals surface area contributed by atoms with Crippen LogP contribution in [-0.2, 0) is 5.41 Å². The summed E-state index contributed by atoms with van der Waals surface area (Å²) in [5, 5.41) is 10.5. The molecule has 0 heteroatoms. The Morgan fingerprint density at radius 2 is 0.791 bits per heavy atom. The third-order valence-electron chi connectivity index (χ3n) is 9.87. The minimum absolute atomic E-state index is 0.0752. The van der Waals surface area contributed by atoms with Crippen LogP contribution in [0, 0.1) is 0 Å². The molecule has 8 aromatic carbocycles. The van der Waals surface area contributed by atoms with E-state index in [1.54, 1.807) is 0 Å². The average Bonchev–Trinajstić information content (AvgIpc) is 3.31. The zero-order chi connectivity index (χ0) is 28.7. The molecule has 0 amide bonds. The van der Waals surface area contributed by atoms with Gasteiger partial charge in [-0.15, -0.1) is 0 Å². The Morgan fingerprint density at radius 1 is 0.326 bits per heavy atom. The summed E-state index contributed by atoms with van der Waals surface area (Å²) in [6.07, 6.45) is 0. The normalized spacial score (nSPS) is 13.5. The maximum Gasteiger partial charge on any atom is 0.0159 e. The molecule has 0 unspecified atom stereocenters. The Bertz CT molecular complexity index is 2380. The van der Waals surface area contributed by atoms with Gasteiger partial charge in [0.2, 0.25) is 0 Å². The Kier molecular flexibility index (Phi) is 5.05. The van der Waals surface area contributed by atoms with Crippen molar-refractivity contribution in [2.75, 3.05) is 0 Å². The number of rotatable bonds is 2. The molecule has 9 rings (SSSR count). The Balaban J connectivity index is 1.40. The molecule has 0 heterocycles. The molecular weight excluding hydrogens is 516 g/mol. The van der Waals surface area contributed by atoms with E-state index in [0.717, 1.165) is 0 Å². The van der Waals surface area contributed by atoms with Gasteiger partial charge in [-0.25, -0.2) is 0 Å². The van der Waals surface area contributed by atoms with Crippen molar-refractivity contribution in [3.63, 3.8) is 0 Å². The molecule has 0 fully saturated rings. The van der Waals surface area contributed by atoms with Gasteiger partial charge in [-0.2, -0.15) is 0 Å². The van der Waals surface area contributed by atoms with Crippen molar-refractivity contribution in [1.29, 1.82) is 0 Å². The second-order valence-electron chi connectivity index (χ2n) is 12.4. The maximum atomic E-state index is 2.38. The van der Waals surface area contributed by atoms with Crippen molar-refractivity contribution in [3.05, 3.63) is 157 Å². The molecule has 0 radical (unpaired) electrons. The zero-order valence-corrected chi connectivity index (χ0v) is 24.4. The lowest BCUT2D eigenvalue weighted by molar-refractivity contribution is 0.661. The molecule has 0 atom stereocenters. The monoisotopic (exact) mass is 546 g/mol. The van der Waals surface area contributed by atoms with Gasteiger partial charge in [-0.3, -0.25) is 0 Å². The SMILES string of the molecule is CC1(C)c2cccc(-c3ccccc3-c3cccc4c5ccccc5c5ccccc5c34)c2-c2c1ccc1ccccc21. The van der Waals surface area contributed by atoms with Crippen LogP contribution in [0.4, 0.5) is 0 Å². The summed E-state index contributed by atoms with van der Waals surface area (Å²) in [5.74, 6) is 0. The minimum atomic E-state index is -0.0752. The molecule has 0 spiro atoms. The average molecular weight is 547 g/mol. The first-order valence-electron chi connectivity index (χ1n) is 15.2. The molecule has 8 aromatic rings. The molecule has 1 aliphatic rings. The van der Waals surface area contributed by atoms with Gasteiger partial charge in [0.25, 0.3) is 0 Å². The van der Waals surface area contributed by atoms with Gasteiger partial charge in [0, 0.05) is 5.41 Å². The van der Waals surface area contributed by atoms with Crippen LogP contribution in [-0.4, -0.2) is 0 Å². The number of fused-ring (bicyclic) bond motifs is 11. The highest BCUT2D eigenvalue weighted by Gasteiger charge is 2.38. The molecule has 0 aromatic heterocycles. The van der Waals surface area contributed by atoms with Crippen LogP contribution in [0.1, 0.15) is 25.0 Å². The predicted molar refractivity (Wildman–Crippen MR) is 185 cm³/mol. The van der Waals surface area contributed by atoms with Gasteiger partial charge in [0.1, 0.15) is 0 Å². The molecule has 43 heavy (non-hydrogen) atoms. The van der Waals surface area contributed by atoms with E-state index in [2.05, 4.69) is 159 Å². The van der Waals surface area contributed by atoms with Crippen molar-refractivity contribution in [2.24, 2.45) is 0 Å². The molecule has 0 bridgehead atoms. The molecule has 0 saturated heterocycles. The largest absolute Gasteiger partial charge is 0.0616 e. The van der Waals surface area contributed by atoms with Gasteiger partial charge < -0.3 is 0 Å². The van der Waals surface area contributed by atoms with Gasteiger partial charge >= 0.3 is 0 Å². The first kappa shape index (κ1) is 24.4. The molecule has 0 nitrogen and oxygen atoms in total. The lowest BCUT2D eigenvalue weighted by atomic mass is 9.81. The van der Waals surface area contributed by atoms with Crippen LogP contribution in [0.2, 0.25) is 0 Å². The van der Waals surface area contributed by atoms with E-state index in [9.17, 15) is 0 Å². The van der Waals surface area contributed by atoms with Crippen molar-refractivity contribution < 1.29 is 0 Å². The van der Waals surface area contributed by atoms with E-state index >= 15 is 0 Å². The third-order valence-corrected chi connectivity index (χ3v) is 9.87. The Hall–Kier alpha value is -5.20. The fourth-order valence-electron chi connectivity index (χ4n) is 7.91. The minimum Gasteiger partial charge on any atom is -0.0616 e. The van der Waals surface area contributed by atoms with Crippen molar-refractivity contribution in [2.45, 2.75) is 19.3 Å². The summed E-state index contributed by atoms with van der Waals surface area (Å²) in [4.78, 5) is 0. The summed E-state index contributed by atoms with van der Waals surface area (Å²) in [6.45, 7) is 4.76. The highest BCUT2D eigenvalue weighted by Crippen LogP contribution is 2.55. The van der Waals surface area contributed by atoms with E-state index in [1.165, 1.54) is 87.6 Å². The van der Waals surface area contributed by atoms with Crippen LogP contribution in [0.5, 0.6) is 0 Å². The summed E-state index contributed by atoms with van der Waals surface area (Å²) in [7, 11) is 0. The van der Waals surface area contributed by atoms with E-state index < -0.39 is 0 Å². The number of benzene rings is 8. The smallest absolute Gasteiger partial charge is 0.0159 e. The highest BCUT2D eigenvalue weighted by molar-refractivity contribution is 6.28. The lowest BCUT2D eigenvalue weighted by Gasteiger charge is -2.22. The van der Waals surface area contributed by atoms with Crippen molar-refractivity contribution in [1.82, 2.24) is 0 Å². The first-order chi connectivity index (χ1) is 21.1. The summed E-state index contributed by atoms with van der Waals surface area (Å²) < 4.78 is 0. The third kappa shape index (κ3) is 3.32. The van der Waals surface area contributed by atoms with Crippen LogP contribution in [0.3, 0.4) is 0 Å². The van der Waals surface area contributed by atoms with Crippen LogP contribution >= 0.6 is 0 Å². The summed E-state index contributed by atoms with van der Waals surface area (Å²) in [6, 6.07) is 54.1. The van der Waals surface area contributed by atoms with Crippen molar-refractivity contribution >= 4 is 43.1 Å². The van der Waals surface area contributed by atoms with Gasteiger partial charge in [-0.05, 0) is 87.6 Å². The first-order valence-corrected chi connectivity index (χ1v) is 15.2. The molecular formula is C43H30. The Morgan fingerprint density at radius 3 is 1.51 bits per heavy atom. The lowest BCUT2D eigenvalue weighted by Crippen LogP contribution is -2.14. The van der Waals surface area contributed by atoms with Crippen LogP contribution in [0.25, 0.3) is 76.5 Å². The van der Waals surface area contributed by atoms with E-state index in [4.69, 9.17) is 0 Å². The molecule has 0 saturated carbocycles. The zero-order valence-electron chi connectivity index (χ0n) is 24.4. The quantitative estimate of drug-likeness (QED) is 0.189. The highest BCUT2D eigenvalue weighted by atomic mass is 14.4. The fourth-order valence-corrected chi connectivity index (χ4v) is 7.91. The standard InChI is InChI=1S/C43H30/c1-43(2)38-24-12-23-37(42(38)41-28-14-4-3-13-27(28)25-26-39(41)43)33-19-8-7-18-32(33)36-22-11-21-35-31-16-6-5-15-29(31)30-17-9-10-20-34(30)40(35)36/h3-26H,1-2H3. The van der Waals surface area contributed by atoms with Gasteiger partial charge in [-0.1, -0.05) is 159 Å². The second-order valence-corrected chi connectivity index (χ2v) is 12.4. The van der Waals surface area contributed by atoms with Gasteiger partial charge in [0.15, 0.2) is 0 Å². The fraction of sp³-hybridized carbons (Fsp3) is 0.0698. The topological polar surface area (TPSA) is 0 Å². The molecule has 0 aliphatic heterocycles. The van der Waals surface area contributed by atoms with Crippen molar-refractivity contribution in [3.8, 4) is 33.4 Å². The summed E-state index contributed by atoms with van der Waals surface area (Å²) >= 11 is 0. The molecule has 1 aliphatic carbocycles. The number of hydrogen-bond donors (Lipinski definition) is 0. The maximum absolute atomic E-state index is 2.38. The van der Waals surface area contributed by atoms with E-state index in [1.807, 2.05) is 0 Å². The molecule has 202 valence electrons. The van der Waals surface area contributed by atoms with E-state index in [0.29, 0.717) is 0 Å². The Labute approximate surface area is 251 Å². The van der Waals surface area contributed by atoms with E-state index in [-0.39, 0.29) is 5.41 Å². The van der Waals surface area contributed by atoms with Crippen LogP contribution < -0.4 is 0 Å². The van der Waals surface area contributed by atoms with Crippen LogP contribution in [0.15, 0.2) is 146 Å². The molecule has 0 N–H and O–H groups in total. The van der Waals surface area contributed by atoms with Gasteiger partial charge in [0.05, 0.1) is 0 Å². The predicted octanol–water partition coefficient (Wildman–Crippen LogP) is 11.9. The summed E-state index contributed by atoms with van der Waals surface area (Å²) in [5.41, 5.74) is 10.6. The number of hydrogen-bond acceptors (Lipinski definition) is 0.